The van der Waals surface area contributed by atoms with Crippen LogP contribution in [-0.2, 0) is 0 Å². The highest BCUT2D eigenvalue weighted by molar-refractivity contribution is 8.02. The summed E-state index contributed by atoms with van der Waals surface area (Å²) in [4.78, 5) is 1.33. The van der Waals surface area contributed by atoms with Gasteiger partial charge in [-0.3, -0.25) is 0 Å². The van der Waals surface area contributed by atoms with Gasteiger partial charge in [0.1, 0.15) is 22.5 Å². The molecule has 0 aliphatic heterocycles. The first-order chi connectivity index (χ1) is 7.33. The lowest BCUT2D eigenvalue weighted by atomic mass is 10.2. The minimum atomic E-state index is 0.907. The standard InChI is InChI=1S/C11H11OS3/c1-12-9-5-3-8(4-6-9)10-7-14-11(13-2)15-10/h3-7H,1-2H3/q+1. The molecule has 0 spiro atoms. The number of methoxy groups -OCH3 is 1. The molecule has 0 fully saturated rings. The summed E-state index contributed by atoms with van der Waals surface area (Å²) in [7, 11) is 1.69. The van der Waals surface area contributed by atoms with Crippen LogP contribution in [0.1, 0.15) is 0 Å². The van der Waals surface area contributed by atoms with Crippen LogP contribution in [0.4, 0.5) is 0 Å². The molecule has 4 heteroatoms. The highest BCUT2D eigenvalue weighted by Gasteiger charge is 2.14. The molecule has 0 aliphatic rings. The number of ether oxygens (including phenoxy) is 1. The zero-order valence-corrected chi connectivity index (χ0v) is 11.0. The maximum atomic E-state index is 5.13. The fourth-order valence-corrected chi connectivity index (χ4v) is 4.06. The van der Waals surface area contributed by atoms with E-state index < -0.39 is 0 Å². The summed E-state index contributed by atoms with van der Waals surface area (Å²) in [5.74, 6) is 0.907. The van der Waals surface area contributed by atoms with Gasteiger partial charge in [-0.2, -0.15) is 0 Å². The van der Waals surface area contributed by atoms with Gasteiger partial charge >= 0.3 is 3.52 Å². The van der Waals surface area contributed by atoms with E-state index in [-0.39, 0.29) is 0 Å². The summed E-state index contributed by atoms with van der Waals surface area (Å²) >= 11 is 5.45. The maximum absolute atomic E-state index is 5.13. The average molecular weight is 255 g/mol. The molecule has 0 unspecified atom stereocenters. The molecule has 0 saturated carbocycles. The Morgan fingerprint density at radius 1 is 1.27 bits per heavy atom. The highest BCUT2D eigenvalue weighted by Crippen LogP contribution is 2.37. The molecule has 0 N–H and O–H groups in total. The second-order valence-corrected chi connectivity index (χ2v) is 6.41. The lowest BCUT2D eigenvalue weighted by Crippen LogP contribution is -1.81. The smallest absolute Gasteiger partial charge is 0.312 e. The van der Waals surface area contributed by atoms with E-state index in [2.05, 4.69) is 23.8 Å². The van der Waals surface area contributed by atoms with Gasteiger partial charge in [0, 0.05) is 5.56 Å². The van der Waals surface area contributed by atoms with Gasteiger partial charge in [0.15, 0.2) is 4.88 Å². The lowest BCUT2D eigenvalue weighted by Gasteiger charge is -1.98. The Labute approximate surface area is 102 Å². The molecular weight excluding hydrogens is 244 g/mol. The Morgan fingerprint density at radius 3 is 2.53 bits per heavy atom. The van der Waals surface area contributed by atoms with Crippen molar-refractivity contribution in [1.29, 1.82) is 0 Å². The quantitative estimate of drug-likeness (QED) is 0.590. The molecule has 2 aromatic rings. The van der Waals surface area contributed by atoms with Gasteiger partial charge < -0.3 is 4.74 Å². The number of benzene rings is 1. The topological polar surface area (TPSA) is 9.23 Å². The fraction of sp³-hybridized carbons (Fsp3) is 0.182. The Bertz CT molecular complexity index is 433. The van der Waals surface area contributed by atoms with E-state index in [4.69, 9.17) is 4.74 Å². The molecule has 0 aliphatic carbocycles. The largest absolute Gasteiger partial charge is 0.497 e. The average Bonchev–Trinajstić information content (AvgIpc) is 2.78. The summed E-state index contributed by atoms with van der Waals surface area (Å²) in [6, 6.07) is 8.19. The van der Waals surface area contributed by atoms with E-state index in [1.165, 1.54) is 14.0 Å². The minimum Gasteiger partial charge on any atom is -0.497 e. The van der Waals surface area contributed by atoms with Crippen molar-refractivity contribution >= 4 is 34.4 Å². The third-order valence-corrected chi connectivity index (χ3v) is 5.84. The van der Waals surface area contributed by atoms with Crippen LogP contribution in [0.15, 0.2) is 33.2 Å². The van der Waals surface area contributed by atoms with Crippen LogP contribution < -0.4 is 4.74 Å². The van der Waals surface area contributed by atoms with Gasteiger partial charge in [-0.25, -0.2) is 0 Å². The monoisotopic (exact) mass is 255 g/mol. The normalized spacial score (nSPS) is 10.3. The van der Waals surface area contributed by atoms with Crippen LogP contribution in [0.5, 0.6) is 5.75 Å². The van der Waals surface area contributed by atoms with Gasteiger partial charge in [-0.1, -0.05) is 11.8 Å². The van der Waals surface area contributed by atoms with Crippen molar-refractivity contribution in [3.63, 3.8) is 0 Å². The molecule has 78 valence electrons. The molecule has 15 heavy (non-hydrogen) atoms. The molecule has 1 nitrogen and oxygen atoms in total. The van der Waals surface area contributed by atoms with Crippen molar-refractivity contribution in [3.05, 3.63) is 29.6 Å². The second-order valence-electron chi connectivity index (χ2n) is 2.88. The molecule has 1 aromatic carbocycles. The first kappa shape index (κ1) is 10.9. The Kier molecular flexibility index (Phi) is 3.61. The molecule has 0 atom stereocenters. The SMILES string of the molecule is COc1ccc(-c2c[s+]c(SC)s2)cc1. The third kappa shape index (κ3) is 2.51. The second kappa shape index (κ2) is 4.96. The summed E-state index contributed by atoms with van der Waals surface area (Å²) in [5, 5.41) is 2.21. The van der Waals surface area contributed by atoms with Gasteiger partial charge in [0.05, 0.1) is 18.4 Å². The van der Waals surface area contributed by atoms with Crippen LogP contribution in [-0.4, -0.2) is 13.4 Å². The van der Waals surface area contributed by atoms with Gasteiger partial charge in [0.25, 0.3) is 0 Å². The summed E-state index contributed by atoms with van der Waals surface area (Å²) in [5.41, 5.74) is 1.26. The number of rotatable bonds is 3. The van der Waals surface area contributed by atoms with Gasteiger partial charge in [-0.15, -0.1) is 0 Å². The number of hydrogen-bond acceptors (Lipinski definition) is 3. The van der Waals surface area contributed by atoms with Crippen LogP contribution in [0.25, 0.3) is 10.4 Å². The van der Waals surface area contributed by atoms with E-state index in [0.29, 0.717) is 0 Å². The van der Waals surface area contributed by atoms with Crippen molar-refractivity contribution in [2.75, 3.05) is 13.4 Å². The Balaban J connectivity index is 2.28. The van der Waals surface area contributed by atoms with E-state index in [9.17, 15) is 0 Å². The van der Waals surface area contributed by atoms with Gasteiger partial charge in [0.2, 0.25) is 0 Å². The molecule has 0 saturated heterocycles. The molecule has 1 heterocycles. The summed E-state index contributed by atoms with van der Waals surface area (Å²) < 4.78 is 6.52. The van der Waals surface area contributed by atoms with Crippen molar-refractivity contribution in [3.8, 4) is 16.2 Å². The van der Waals surface area contributed by atoms with E-state index in [1.807, 2.05) is 23.5 Å². The molecular formula is C11H11OS3+. The molecule has 0 bridgehead atoms. The summed E-state index contributed by atoms with van der Waals surface area (Å²) in [6.07, 6.45) is 2.11. The van der Waals surface area contributed by atoms with Crippen molar-refractivity contribution in [1.82, 2.24) is 0 Å². The highest BCUT2D eigenvalue weighted by atomic mass is 32.2. The minimum absolute atomic E-state index is 0.907. The predicted molar refractivity (Wildman–Crippen MR) is 70.4 cm³/mol. The first-order valence-corrected chi connectivity index (χ1v) is 7.35. The van der Waals surface area contributed by atoms with Crippen LogP contribution >= 0.6 is 34.4 Å². The maximum Gasteiger partial charge on any atom is 0.312 e. The first-order valence-electron chi connectivity index (χ1n) is 4.43. The fourth-order valence-electron chi connectivity index (χ4n) is 1.21. The van der Waals surface area contributed by atoms with E-state index in [0.717, 1.165) is 5.75 Å². The van der Waals surface area contributed by atoms with Crippen LogP contribution in [0.2, 0.25) is 0 Å². The van der Waals surface area contributed by atoms with Crippen LogP contribution in [0.3, 0.4) is 0 Å². The van der Waals surface area contributed by atoms with E-state index >= 15 is 0 Å². The van der Waals surface area contributed by atoms with Crippen molar-refractivity contribution in [2.24, 2.45) is 0 Å². The Morgan fingerprint density at radius 2 is 2.00 bits per heavy atom. The van der Waals surface area contributed by atoms with Crippen molar-refractivity contribution in [2.45, 2.75) is 3.52 Å². The summed E-state index contributed by atoms with van der Waals surface area (Å²) in [6.45, 7) is 0. The zero-order valence-electron chi connectivity index (χ0n) is 8.52. The molecule has 2 rings (SSSR count). The van der Waals surface area contributed by atoms with Crippen LogP contribution in [0, 0.1) is 0 Å². The third-order valence-electron chi connectivity index (χ3n) is 2.00. The Hall–Kier alpha value is -0.580. The van der Waals surface area contributed by atoms with Crippen molar-refractivity contribution < 1.29 is 4.74 Å². The van der Waals surface area contributed by atoms with E-state index in [1.54, 1.807) is 30.2 Å². The number of thioether (sulfide) groups is 1. The predicted octanol–water partition coefficient (Wildman–Crippen LogP) is 4.49. The lowest BCUT2D eigenvalue weighted by molar-refractivity contribution is 0.415. The zero-order chi connectivity index (χ0) is 10.7. The molecule has 0 amide bonds. The molecule has 0 radical (unpaired) electrons. The molecule has 1 aromatic heterocycles. The number of hydrogen-bond donors (Lipinski definition) is 0. The van der Waals surface area contributed by atoms with Gasteiger partial charge in [-0.05, 0) is 30.5 Å².